The van der Waals surface area contributed by atoms with E-state index in [4.69, 9.17) is 9.47 Å². The van der Waals surface area contributed by atoms with Gasteiger partial charge in [0.25, 0.3) is 6.71 Å². The van der Waals surface area contributed by atoms with Crippen LogP contribution in [0.15, 0.2) is 66.7 Å². The number of benzene rings is 4. The van der Waals surface area contributed by atoms with Gasteiger partial charge in [-0.25, -0.2) is 0 Å². The lowest BCUT2D eigenvalue weighted by Crippen LogP contribution is -2.60. The molecule has 0 spiro atoms. The second kappa shape index (κ2) is 4.49. The van der Waals surface area contributed by atoms with E-state index in [0.717, 1.165) is 28.5 Å². The minimum Gasteiger partial charge on any atom is -0.458 e. The molecular formula is C25H14BNO2. The van der Waals surface area contributed by atoms with Crippen molar-refractivity contribution in [2.24, 2.45) is 0 Å². The summed E-state index contributed by atoms with van der Waals surface area (Å²) in [5.74, 6) is 3.76. The minimum absolute atomic E-state index is 0.143. The summed E-state index contributed by atoms with van der Waals surface area (Å²) in [4.78, 5) is 0. The summed E-state index contributed by atoms with van der Waals surface area (Å²) in [6.45, 7) is 2.30. The van der Waals surface area contributed by atoms with Crippen LogP contribution in [0, 0.1) is 6.92 Å². The van der Waals surface area contributed by atoms with Crippen molar-refractivity contribution >= 4 is 44.9 Å². The van der Waals surface area contributed by atoms with Crippen molar-refractivity contribution < 1.29 is 9.47 Å². The molecule has 0 saturated carbocycles. The van der Waals surface area contributed by atoms with Crippen LogP contribution in [0.25, 0.3) is 27.5 Å². The van der Waals surface area contributed by atoms with Crippen LogP contribution in [0.4, 0.5) is 0 Å². The SMILES string of the molecule is Cc1cc2c3ccccc3n3c2c2c1Oc1cccc4c1B2c1c(cccc1-3)O4. The fourth-order valence-electron chi connectivity index (χ4n) is 5.69. The lowest BCUT2D eigenvalue weighted by molar-refractivity contribution is 0.462. The van der Waals surface area contributed by atoms with Gasteiger partial charge in [-0.05, 0) is 59.8 Å². The zero-order chi connectivity index (χ0) is 18.9. The molecular weight excluding hydrogens is 357 g/mol. The van der Waals surface area contributed by atoms with Gasteiger partial charge in [0.05, 0.1) is 11.0 Å². The molecule has 0 aliphatic carbocycles. The number of aryl methyl sites for hydroxylation is 1. The monoisotopic (exact) mass is 371 g/mol. The van der Waals surface area contributed by atoms with E-state index in [1.54, 1.807) is 0 Å². The van der Waals surface area contributed by atoms with Crippen molar-refractivity contribution in [3.63, 3.8) is 0 Å². The van der Waals surface area contributed by atoms with Crippen LogP contribution >= 0.6 is 0 Å². The van der Waals surface area contributed by atoms with Crippen LogP contribution < -0.4 is 25.9 Å². The Balaban J connectivity index is 1.71. The molecule has 0 radical (unpaired) electrons. The summed E-state index contributed by atoms with van der Waals surface area (Å²) < 4.78 is 15.3. The third-order valence-electron chi connectivity index (χ3n) is 6.74. The average molecular weight is 371 g/mol. The van der Waals surface area contributed by atoms with Gasteiger partial charge < -0.3 is 14.0 Å². The van der Waals surface area contributed by atoms with Crippen LogP contribution in [0.3, 0.4) is 0 Å². The first-order valence-electron chi connectivity index (χ1n) is 10.00. The number of rotatable bonds is 0. The van der Waals surface area contributed by atoms with Gasteiger partial charge in [-0.3, -0.25) is 0 Å². The van der Waals surface area contributed by atoms with Gasteiger partial charge in [0.2, 0.25) is 0 Å². The van der Waals surface area contributed by atoms with Crippen LogP contribution in [0.1, 0.15) is 5.56 Å². The Labute approximate surface area is 167 Å². The molecule has 0 fully saturated rings. The number of hydrogen-bond acceptors (Lipinski definition) is 2. The second-order valence-corrected chi connectivity index (χ2v) is 8.18. The predicted octanol–water partition coefficient (Wildman–Crippen LogP) is 4.13. The van der Waals surface area contributed by atoms with Gasteiger partial charge in [0.15, 0.2) is 0 Å². The molecule has 1 aromatic heterocycles. The molecule has 4 heteroatoms. The van der Waals surface area contributed by atoms with E-state index in [-0.39, 0.29) is 6.71 Å². The van der Waals surface area contributed by atoms with E-state index in [9.17, 15) is 0 Å². The highest BCUT2D eigenvalue weighted by Crippen LogP contribution is 2.43. The molecule has 4 aromatic carbocycles. The Bertz CT molecular complexity index is 1580. The molecule has 5 aromatic rings. The Kier molecular flexibility index (Phi) is 2.22. The zero-order valence-electron chi connectivity index (χ0n) is 15.7. The normalized spacial score (nSPS) is 14.2. The number of hydrogen-bond donors (Lipinski definition) is 0. The first kappa shape index (κ1) is 14.4. The fraction of sp³-hybridized carbons (Fsp3) is 0.0400. The Morgan fingerprint density at radius 2 is 1.48 bits per heavy atom. The molecule has 0 atom stereocenters. The number of aromatic nitrogens is 1. The minimum atomic E-state index is 0.143. The van der Waals surface area contributed by atoms with Crippen LogP contribution in [-0.4, -0.2) is 11.3 Å². The molecule has 0 unspecified atom stereocenters. The third kappa shape index (κ3) is 1.46. The van der Waals surface area contributed by atoms with Crippen LogP contribution in [0.2, 0.25) is 0 Å². The molecule has 3 nitrogen and oxygen atoms in total. The summed E-state index contributed by atoms with van der Waals surface area (Å²) in [6, 6.07) is 23.5. The van der Waals surface area contributed by atoms with Gasteiger partial charge in [-0.15, -0.1) is 0 Å². The topological polar surface area (TPSA) is 23.4 Å². The highest BCUT2D eigenvalue weighted by Gasteiger charge is 2.46. The van der Waals surface area contributed by atoms with Crippen molar-refractivity contribution in [1.29, 1.82) is 0 Å². The smallest absolute Gasteiger partial charge is 0.266 e. The van der Waals surface area contributed by atoms with Gasteiger partial charge >= 0.3 is 0 Å². The standard InChI is InChI=1S/C25H14BNO2/c1-13-12-15-14-6-2-3-7-16(14)27-17-8-4-9-18-21(17)26-22-19(28-18)10-5-11-20(22)29-25(13)23(26)24(15)27/h2-12H,1H3. The van der Waals surface area contributed by atoms with E-state index >= 15 is 0 Å². The molecule has 0 bridgehead atoms. The summed E-state index contributed by atoms with van der Waals surface area (Å²) in [6.07, 6.45) is 0. The van der Waals surface area contributed by atoms with Gasteiger partial charge in [-0.2, -0.15) is 0 Å². The molecule has 4 heterocycles. The summed E-state index contributed by atoms with van der Waals surface area (Å²) in [5, 5.41) is 2.58. The lowest BCUT2D eigenvalue weighted by atomic mass is 9.33. The van der Waals surface area contributed by atoms with Crippen molar-refractivity contribution in [2.45, 2.75) is 6.92 Å². The van der Waals surface area contributed by atoms with Crippen molar-refractivity contribution in [1.82, 2.24) is 4.57 Å². The first-order valence-corrected chi connectivity index (χ1v) is 10.00. The highest BCUT2D eigenvalue weighted by molar-refractivity contribution is 7.00. The van der Waals surface area contributed by atoms with Gasteiger partial charge in [0.1, 0.15) is 23.0 Å². The van der Waals surface area contributed by atoms with E-state index in [2.05, 4.69) is 72.2 Å². The van der Waals surface area contributed by atoms with Crippen molar-refractivity contribution in [2.75, 3.05) is 0 Å². The van der Waals surface area contributed by atoms with Crippen LogP contribution in [-0.2, 0) is 0 Å². The van der Waals surface area contributed by atoms with E-state index in [0.29, 0.717) is 0 Å². The number of nitrogens with zero attached hydrogens (tertiary/aromatic N) is 1. The largest absolute Gasteiger partial charge is 0.458 e. The third-order valence-corrected chi connectivity index (χ3v) is 6.74. The molecule has 0 amide bonds. The van der Waals surface area contributed by atoms with Crippen LogP contribution in [0.5, 0.6) is 23.0 Å². The first-order chi connectivity index (χ1) is 14.3. The van der Waals surface area contributed by atoms with Crippen molar-refractivity contribution in [3.8, 4) is 28.7 Å². The summed E-state index contributed by atoms with van der Waals surface area (Å²) in [7, 11) is 0. The number of ether oxygens (including phenoxy) is 2. The molecule has 3 aliphatic heterocycles. The molecule has 29 heavy (non-hydrogen) atoms. The predicted molar refractivity (Wildman–Crippen MR) is 117 cm³/mol. The maximum atomic E-state index is 6.50. The van der Waals surface area contributed by atoms with Crippen molar-refractivity contribution in [3.05, 3.63) is 72.3 Å². The van der Waals surface area contributed by atoms with E-state index < -0.39 is 0 Å². The van der Waals surface area contributed by atoms with Gasteiger partial charge in [0, 0.05) is 21.9 Å². The molecule has 0 saturated heterocycles. The van der Waals surface area contributed by atoms with Gasteiger partial charge in [-0.1, -0.05) is 30.3 Å². The van der Waals surface area contributed by atoms with E-state index in [1.807, 2.05) is 6.07 Å². The van der Waals surface area contributed by atoms with E-state index in [1.165, 1.54) is 44.0 Å². The molecule has 3 aliphatic rings. The fourth-order valence-corrected chi connectivity index (χ4v) is 5.69. The summed E-state index contributed by atoms with van der Waals surface area (Å²) >= 11 is 0. The molecule has 134 valence electrons. The maximum Gasteiger partial charge on any atom is 0.266 e. The summed E-state index contributed by atoms with van der Waals surface area (Å²) in [5.41, 5.74) is 8.57. The quantitative estimate of drug-likeness (QED) is 0.374. The Hall–Kier alpha value is -3.66. The maximum absolute atomic E-state index is 6.50. The molecule has 0 N–H and O–H groups in total. The Morgan fingerprint density at radius 1 is 0.724 bits per heavy atom. The Morgan fingerprint density at radius 3 is 2.38 bits per heavy atom. The highest BCUT2D eigenvalue weighted by atomic mass is 16.5. The zero-order valence-corrected chi connectivity index (χ0v) is 15.7. The lowest BCUT2D eigenvalue weighted by Gasteiger charge is -2.37. The average Bonchev–Trinajstić information content (AvgIpc) is 3.08. The molecule has 8 rings (SSSR count). The number of fused-ring (bicyclic) bond motifs is 4. The number of para-hydroxylation sites is 1. The second-order valence-electron chi connectivity index (χ2n) is 8.18.